The zero-order valence-electron chi connectivity index (χ0n) is 26.9. The summed E-state index contributed by atoms with van der Waals surface area (Å²) in [5.74, 6) is 6.03. The van der Waals surface area contributed by atoms with Crippen molar-refractivity contribution in [2.75, 3.05) is 48.5 Å². The van der Waals surface area contributed by atoms with Crippen molar-refractivity contribution in [3.05, 3.63) is 94.0 Å². The zero-order valence-corrected chi connectivity index (χ0v) is 31.4. The van der Waals surface area contributed by atoms with Gasteiger partial charge < -0.3 is 57.0 Å². The average Bonchev–Trinajstić information content (AvgIpc) is 3.02. The van der Waals surface area contributed by atoms with E-state index in [-0.39, 0.29) is 60.0 Å². The first kappa shape index (κ1) is 33.2. The van der Waals surface area contributed by atoms with Crippen LogP contribution in [-0.4, -0.2) is 52.9 Å². The molecule has 0 fully saturated rings. The minimum Gasteiger partial charge on any atom is -1.00 e. The number of halogens is 2. The second-order valence-corrected chi connectivity index (χ2v) is 13.3. The van der Waals surface area contributed by atoms with Crippen LogP contribution < -0.4 is 52.6 Å². The van der Waals surface area contributed by atoms with Gasteiger partial charge in [-0.25, -0.2) is 0 Å². The Balaban J connectivity index is 0.00000186. The molecule has 7 nitrogen and oxygen atoms in total. The normalized spacial score (nSPS) is 21.2. The van der Waals surface area contributed by atoms with Gasteiger partial charge in [-0.3, -0.25) is 0 Å². The quantitative estimate of drug-likeness (QED) is 0.218. The minimum atomic E-state index is 0. The number of likely N-dealkylation sites (N-methyl/N-ethyl adjacent to an activating group) is 2. The molecular formula is C37H41I2N2O5+. The topological polar surface area (TPSA) is 50.6 Å². The third-order valence-corrected chi connectivity index (χ3v) is 10.3. The van der Waals surface area contributed by atoms with Crippen molar-refractivity contribution >= 4 is 24.0 Å². The van der Waals surface area contributed by atoms with Gasteiger partial charge in [-0.2, -0.15) is 0 Å². The Labute approximate surface area is 305 Å². The Kier molecular flexibility index (Phi) is 9.16. The highest BCUT2D eigenvalue weighted by Gasteiger charge is 2.41. The number of benzene rings is 4. The first-order chi connectivity index (χ1) is 21.3. The van der Waals surface area contributed by atoms with Gasteiger partial charge >= 0.3 is 0 Å². The van der Waals surface area contributed by atoms with Crippen molar-refractivity contribution in [2.45, 2.75) is 37.8 Å². The molecule has 0 amide bonds. The highest BCUT2D eigenvalue weighted by molar-refractivity contribution is 14.0. The van der Waals surface area contributed by atoms with E-state index in [0.29, 0.717) is 5.75 Å². The molecule has 9 heteroatoms. The Morgan fingerprint density at radius 1 is 0.739 bits per heavy atom. The van der Waals surface area contributed by atoms with E-state index in [1.54, 1.807) is 14.2 Å². The first-order valence-corrected chi connectivity index (χ1v) is 15.7. The van der Waals surface area contributed by atoms with Crippen LogP contribution in [0.2, 0.25) is 0 Å². The number of hydrogen-bond donors (Lipinski definition) is 1. The molecule has 1 unspecified atom stereocenters. The van der Waals surface area contributed by atoms with E-state index in [1.807, 2.05) is 6.07 Å². The van der Waals surface area contributed by atoms with Crippen molar-refractivity contribution in [3.8, 4) is 46.0 Å². The van der Waals surface area contributed by atoms with Crippen LogP contribution in [0.15, 0.2) is 60.7 Å². The van der Waals surface area contributed by atoms with Crippen molar-refractivity contribution in [3.63, 3.8) is 0 Å². The standard InChI is InChI=1S/C37H39N2O5.2HI/c1-38-14-12-25-20-34(41-5)36-37-35(25)28(38)16-22-6-9-26(10-7-22)42-31-18-23(8-11-30(31)40-4)17-29-27-21-33(44-37)32(43-36)19-24(27)13-15-39(29,2)3;;/h6-11,18-21,28-29H,12-17H2,1-5H3;2*1H/q+1;;/t28-,29+;;/m1../s1. The number of hydrogen-bond acceptors (Lipinski definition) is 5. The van der Waals surface area contributed by atoms with E-state index in [1.165, 1.54) is 38.3 Å². The largest absolute Gasteiger partial charge is 1.00 e. The van der Waals surface area contributed by atoms with Crippen LogP contribution >= 0.6 is 24.0 Å². The molecule has 5 heterocycles. The number of quaternary nitrogens is 2. The van der Waals surface area contributed by atoms with Crippen LogP contribution in [0.1, 0.15) is 45.5 Å². The van der Waals surface area contributed by atoms with Gasteiger partial charge in [0.25, 0.3) is 0 Å². The predicted molar refractivity (Wildman–Crippen MR) is 184 cm³/mol. The summed E-state index contributed by atoms with van der Waals surface area (Å²) in [5.41, 5.74) is 7.58. The second-order valence-electron chi connectivity index (χ2n) is 13.3. The number of nitrogens with zero attached hydrogens (tertiary/aromatic N) is 1. The van der Waals surface area contributed by atoms with Gasteiger partial charge in [0.05, 0.1) is 54.0 Å². The highest BCUT2D eigenvalue weighted by atomic mass is 127. The molecule has 9 rings (SSSR count). The molecule has 0 saturated heterocycles. The van der Waals surface area contributed by atoms with E-state index < -0.39 is 0 Å². The van der Waals surface area contributed by atoms with Gasteiger partial charge in [0.15, 0.2) is 34.5 Å². The molecule has 1 N–H and O–H groups in total. The number of methoxy groups -OCH3 is 2. The molecule has 7 bridgehead atoms. The van der Waals surface area contributed by atoms with Gasteiger partial charge in [-0.15, -0.1) is 24.0 Å². The number of rotatable bonds is 2. The lowest BCUT2D eigenvalue weighted by molar-refractivity contribution is -0.923. The summed E-state index contributed by atoms with van der Waals surface area (Å²) < 4.78 is 32.6. The predicted octanol–water partition coefficient (Wildman–Crippen LogP) is 3.60. The van der Waals surface area contributed by atoms with E-state index >= 15 is 0 Å². The lowest BCUT2D eigenvalue weighted by atomic mass is 9.86. The smallest absolute Gasteiger partial charge is 0.212 e. The molecule has 4 aromatic carbocycles. The average molecular weight is 848 g/mol. The van der Waals surface area contributed by atoms with Crippen molar-refractivity contribution in [2.24, 2.45) is 0 Å². The van der Waals surface area contributed by atoms with Crippen LogP contribution in [0, 0.1) is 0 Å². The summed E-state index contributed by atoms with van der Waals surface area (Å²) in [6.07, 6.45) is 3.66. The number of ether oxygens (including phenoxy) is 5. The van der Waals surface area contributed by atoms with Crippen LogP contribution in [0.5, 0.6) is 46.0 Å². The molecule has 0 aliphatic carbocycles. The molecule has 5 aliphatic heterocycles. The van der Waals surface area contributed by atoms with Gasteiger partial charge in [0.2, 0.25) is 5.75 Å². The van der Waals surface area contributed by atoms with Gasteiger partial charge in [-0.05, 0) is 64.7 Å². The fourth-order valence-electron chi connectivity index (χ4n) is 7.68. The zero-order chi connectivity index (χ0) is 30.2. The Morgan fingerprint density at radius 2 is 1.46 bits per heavy atom. The number of fused-ring (bicyclic) bond motifs is 2. The van der Waals surface area contributed by atoms with Crippen LogP contribution in [0.25, 0.3) is 0 Å². The van der Waals surface area contributed by atoms with E-state index in [2.05, 4.69) is 75.7 Å². The molecule has 5 aliphatic rings. The molecule has 242 valence electrons. The number of nitrogens with one attached hydrogen (secondary N) is 1. The summed E-state index contributed by atoms with van der Waals surface area (Å²) in [5, 5.41) is 0. The monoisotopic (exact) mass is 847 g/mol. The van der Waals surface area contributed by atoms with Crippen LogP contribution in [0.3, 0.4) is 0 Å². The third-order valence-electron chi connectivity index (χ3n) is 10.3. The molecule has 46 heavy (non-hydrogen) atoms. The SMILES string of the molecule is COc1ccc2cc1Oc1ccc(cc1)C[C@@H]1c3c(cc(OC)c4c3Oc3cc5c(cc3O4)CC[N+](C)(C)[C@H]5C2)CC[NH+]1C.I.[I-]. The summed E-state index contributed by atoms with van der Waals surface area (Å²) in [6.45, 7) is 2.07. The van der Waals surface area contributed by atoms with Crippen molar-refractivity contribution in [1.82, 2.24) is 0 Å². The van der Waals surface area contributed by atoms with Gasteiger partial charge in [0.1, 0.15) is 17.8 Å². The Hall–Kier alpha value is -2.74. The molecule has 3 atom stereocenters. The minimum absolute atomic E-state index is 0. The lowest BCUT2D eigenvalue weighted by Crippen LogP contribution is -3.10. The van der Waals surface area contributed by atoms with Gasteiger partial charge in [0, 0.05) is 31.2 Å². The van der Waals surface area contributed by atoms with Crippen LogP contribution in [-0.2, 0) is 25.7 Å². The molecule has 4 aromatic rings. The van der Waals surface area contributed by atoms with E-state index in [9.17, 15) is 0 Å². The summed E-state index contributed by atoms with van der Waals surface area (Å²) in [4.78, 5) is 1.46. The third kappa shape index (κ3) is 5.60. The van der Waals surface area contributed by atoms with E-state index in [4.69, 9.17) is 23.7 Å². The fourth-order valence-corrected chi connectivity index (χ4v) is 7.68. The first-order valence-electron chi connectivity index (χ1n) is 15.7. The molecule has 0 radical (unpaired) electrons. The highest BCUT2D eigenvalue weighted by Crippen LogP contribution is 2.56. The molecule has 0 spiro atoms. The maximum absolute atomic E-state index is 6.96. The van der Waals surface area contributed by atoms with Crippen molar-refractivity contribution in [1.29, 1.82) is 0 Å². The van der Waals surface area contributed by atoms with Crippen LogP contribution in [0.4, 0.5) is 0 Å². The Bertz CT molecular complexity index is 1790. The molecular weight excluding hydrogens is 806 g/mol. The Morgan fingerprint density at radius 3 is 2.22 bits per heavy atom. The van der Waals surface area contributed by atoms with E-state index in [0.717, 1.165) is 83.5 Å². The summed E-state index contributed by atoms with van der Waals surface area (Å²) in [7, 11) is 10.4. The fraction of sp³-hybridized carbons (Fsp3) is 0.351. The maximum atomic E-state index is 6.96. The summed E-state index contributed by atoms with van der Waals surface area (Å²) in [6, 6.07) is 21.9. The van der Waals surface area contributed by atoms with Gasteiger partial charge in [-0.1, -0.05) is 18.2 Å². The molecule has 0 aromatic heterocycles. The lowest BCUT2D eigenvalue weighted by Gasteiger charge is -2.43. The summed E-state index contributed by atoms with van der Waals surface area (Å²) >= 11 is 0. The molecule has 0 saturated carbocycles. The maximum Gasteiger partial charge on any atom is 0.212 e. The van der Waals surface area contributed by atoms with Crippen molar-refractivity contribution < 1.29 is 57.0 Å². The second kappa shape index (κ2) is 12.7.